The predicted molar refractivity (Wildman–Crippen MR) is 91.4 cm³/mol. The van der Waals surface area contributed by atoms with E-state index in [1.54, 1.807) is 18.2 Å². The highest BCUT2D eigenvalue weighted by molar-refractivity contribution is 6.24. The van der Waals surface area contributed by atoms with Crippen LogP contribution in [-0.4, -0.2) is 17.7 Å². The zero-order valence-electron chi connectivity index (χ0n) is 13.4. The molecule has 1 amide bonds. The van der Waals surface area contributed by atoms with E-state index in [1.807, 2.05) is 24.3 Å². The van der Waals surface area contributed by atoms with Crippen molar-refractivity contribution in [3.8, 4) is 11.1 Å². The first kappa shape index (κ1) is 15.5. The van der Waals surface area contributed by atoms with Gasteiger partial charge in [-0.15, -0.1) is 0 Å². The van der Waals surface area contributed by atoms with Crippen LogP contribution in [0.15, 0.2) is 42.5 Å². The van der Waals surface area contributed by atoms with Crippen LogP contribution in [0, 0.1) is 12.8 Å². The first-order chi connectivity index (χ1) is 11.0. The van der Waals surface area contributed by atoms with Gasteiger partial charge in [-0.25, -0.2) is 0 Å². The van der Waals surface area contributed by atoms with Gasteiger partial charge in [-0.2, -0.15) is 0 Å². The van der Waals surface area contributed by atoms with Gasteiger partial charge >= 0.3 is 0 Å². The monoisotopic (exact) mass is 306 g/mol. The van der Waals surface area contributed by atoms with E-state index in [4.69, 9.17) is 0 Å². The van der Waals surface area contributed by atoms with Gasteiger partial charge in [0.15, 0.2) is 5.78 Å². The van der Waals surface area contributed by atoms with Crippen LogP contribution in [-0.2, 0) is 0 Å². The molecule has 1 radical (unpaired) electrons. The second kappa shape index (κ2) is 5.99. The number of hydrogen-bond donors (Lipinski definition) is 1. The first-order valence-corrected chi connectivity index (χ1v) is 7.90. The number of carbonyl (C=O) groups is 2. The Morgan fingerprint density at radius 2 is 1.70 bits per heavy atom. The van der Waals surface area contributed by atoms with Crippen molar-refractivity contribution in [2.75, 3.05) is 0 Å². The number of hydrogen-bond acceptors (Lipinski definition) is 2. The topological polar surface area (TPSA) is 46.2 Å². The van der Waals surface area contributed by atoms with Crippen molar-refractivity contribution in [1.29, 1.82) is 0 Å². The zero-order chi connectivity index (χ0) is 16.6. The van der Waals surface area contributed by atoms with E-state index in [1.165, 1.54) is 0 Å². The molecule has 1 unspecified atom stereocenters. The van der Waals surface area contributed by atoms with Crippen LogP contribution in [0.1, 0.15) is 46.5 Å². The molecule has 0 bridgehead atoms. The van der Waals surface area contributed by atoms with Crippen molar-refractivity contribution in [3.05, 3.63) is 66.1 Å². The second-order valence-corrected chi connectivity index (χ2v) is 6.40. The van der Waals surface area contributed by atoms with Crippen LogP contribution in [0.5, 0.6) is 0 Å². The fraction of sp³-hybridized carbons (Fsp3) is 0.250. The van der Waals surface area contributed by atoms with Crippen LogP contribution in [0.3, 0.4) is 0 Å². The summed E-state index contributed by atoms with van der Waals surface area (Å²) >= 11 is 0. The predicted octanol–water partition coefficient (Wildman–Crippen LogP) is 3.88. The van der Waals surface area contributed by atoms with Crippen molar-refractivity contribution in [2.24, 2.45) is 5.92 Å². The number of benzene rings is 2. The molecule has 0 aliphatic heterocycles. The Morgan fingerprint density at radius 1 is 1.04 bits per heavy atom. The van der Waals surface area contributed by atoms with E-state index in [9.17, 15) is 9.59 Å². The quantitative estimate of drug-likeness (QED) is 0.795. The minimum atomic E-state index is -0.174. The standard InChI is InChI=1S/C20H20NO2/c1-12(2)11-13(3)21-20(23)17-10-6-9-16-18(17)14-7-4-5-8-15(14)19(16)22/h4-10,12-13H,3,11H2,1-2H3,(H,21,23). The van der Waals surface area contributed by atoms with Gasteiger partial charge in [0.2, 0.25) is 0 Å². The van der Waals surface area contributed by atoms with E-state index >= 15 is 0 Å². The molecular formula is C20H20NO2. The molecule has 0 saturated heterocycles. The Kier molecular flexibility index (Phi) is 4.03. The summed E-state index contributed by atoms with van der Waals surface area (Å²) in [5, 5.41) is 2.94. The van der Waals surface area contributed by atoms with Crippen LogP contribution < -0.4 is 5.32 Å². The van der Waals surface area contributed by atoms with Gasteiger partial charge in [0, 0.05) is 28.3 Å². The van der Waals surface area contributed by atoms with Crippen LogP contribution in [0.4, 0.5) is 0 Å². The molecule has 0 fully saturated rings. The molecule has 3 nitrogen and oxygen atoms in total. The van der Waals surface area contributed by atoms with Crippen LogP contribution in [0.25, 0.3) is 11.1 Å². The molecule has 3 rings (SSSR count). The number of amides is 1. The van der Waals surface area contributed by atoms with Gasteiger partial charge in [0.25, 0.3) is 5.91 Å². The molecule has 117 valence electrons. The molecule has 1 atom stereocenters. The summed E-state index contributed by atoms with van der Waals surface area (Å²) in [6.07, 6.45) is 0.816. The van der Waals surface area contributed by atoms with Crippen LogP contribution in [0.2, 0.25) is 0 Å². The fourth-order valence-electron chi connectivity index (χ4n) is 3.16. The van der Waals surface area contributed by atoms with Gasteiger partial charge in [0.05, 0.1) is 0 Å². The maximum Gasteiger partial charge on any atom is 0.252 e. The van der Waals surface area contributed by atoms with E-state index < -0.39 is 0 Å². The Morgan fingerprint density at radius 3 is 2.39 bits per heavy atom. The molecule has 1 aliphatic rings. The summed E-state index contributed by atoms with van der Waals surface area (Å²) in [4.78, 5) is 25.1. The molecule has 3 heteroatoms. The Balaban J connectivity index is 1.98. The van der Waals surface area contributed by atoms with Gasteiger partial charge in [-0.1, -0.05) is 50.2 Å². The van der Waals surface area contributed by atoms with Gasteiger partial charge < -0.3 is 5.32 Å². The summed E-state index contributed by atoms with van der Waals surface area (Å²) in [7, 11) is 0. The highest BCUT2D eigenvalue weighted by Gasteiger charge is 2.30. The number of ketones is 1. The highest BCUT2D eigenvalue weighted by atomic mass is 16.1. The summed E-state index contributed by atoms with van der Waals surface area (Å²) < 4.78 is 0. The Labute approximate surface area is 136 Å². The summed E-state index contributed by atoms with van der Waals surface area (Å²) in [6, 6.07) is 12.6. The third-order valence-electron chi connectivity index (χ3n) is 4.09. The molecule has 23 heavy (non-hydrogen) atoms. The number of fused-ring (bicyclic) bond motifs is 3. The maximum absolute atomic E-state index is 12.7. The number of nitrogens with one attached hydrogen (secondary N) is 1. The minimum absolute atomic E-state index is 0.0152. The summed E-state index contributed by atoms with van der Waals surface area (Å²) in [5.41, 5.74) is 3.38. The van der Waals surface area contributed by atoms with Crippen molar-refractivity contribution in [3.63, 3.8) is 0 Å². The fourth-order valence-corrected chi connectivity index (χ4v) is 3.16. The van der Waals surface area contributed by atoms with Crippen LogP contribution >= 0.6 is 0 Å². The molecule has 0 spiro atoms. The molecule has 0 heterocycles. The Bertz CT molecular complexity index is 777. The smallest absolute Gasteiger partial charge is 0.252 e. The Hall–Kier alpha value is -2.42. The molecule has 1 aliphatic carbocycles. The van der Waals surface area contributed by atoms with E-state index in [2.05, 4.69) is 26.1 Å². The molecule has 2 aromatic rings. The normalized spacial score (nSPS) is 13.7. The third kappa shape index (κ3) is 2.79. The molecule has 1 N–H and O–H groups in total. The minimum Gasteiger partial charge on any atom is -0.349 e. The first-order valence-electron chi connectivity index (χ1n) is 7.90. The second-order valence-electron chi connectivity index (χ2n) is 6.40. The van der Waals surface area contributed by atoms with Crippen molar-refractivity contribution in [1.82, 2.24) is 5.32 Å². The van der Waals surface area contributed by atoms with Gasteiger partial charge in [-0.05, 0) is 30.9 Å². The van der Waals surface area contributed by atoms with E-state index in [-0.39, 0.29) is 17.7 Å². The average molecular weight is 306 g/mol. The van der Waals surface area contributed by atoms with E-state index in [0.717, 1.165) is 17.5 Å². The summed E-state index contributed by atoms with van der Waals surface area (Å²) in [6.45, 7) is 8.19. The molecule has 0 saturated carbocycles. The maximum atomic E-state index is 12.7. The van der Waals surface area contributed by atoms with E-state index in [0.29, 0.717) is 22.6 Å². The lowest BCUT2D eigenvalue weighted by atomic mass is 9.98. The molecule has 0 aromatic heterocycles. The average Bonchev–Trinajstić information content (AvgIpc) is 2.80. The van der Waals surface area contributed by atoms with Gasteiger partial charge in [0.1, 0.15) is 0 Å². The van der Waals surface area contributed by atoms with Crippen molar-refractivity contribution >= 4 is 11.7 Å². The highest BCUT2D eigenvalue weighted by Crippen LogP contribution is 2.38. The lowest BCUT2D eigenvalue weighted by Crippen LogP contribution is -2.34. The van der Waals surface area contributed by atoms with Gasteiger partial charge in [-0.3, -0.25) is 9.59 Å². The number of carbonyl (C=O) groups excluding carboxylic acids is 2. The lowest BCUT2D eigenvalue weighted by Gasteiger charge is -2.17. The zero-order valence-corrected chi connectivity index (χ0v) is 13.4. The summed E-state index contributed by atoms with van der Waals surface area (Å²) in [5.74, 6) is 0.271. The lowest BCUT2D eigenvalue weighted by molar-refractivity contribution is 0.0941. The van der Waals surface area contributed by atoms with Crippen molar-refractivity contribution in [2.45, 2.75) is 26.3 Å². The largest absolute Gasteiger partial charge is 0.349 e. The van der Waals surface area contributed by atoms with Crippen molar-refractivity contribution < 1.29 is 9.59 Å². The number of rotatable bonds is 4. The molecular weight excluding hydrogens is 286 g/mol. The SMILES string of the molecule is [CH2]C(CC(C)C)NC(=O)c1cccc2c1-c1ccccc1C2=O. The third-order valence-corrected chi connectivity index (χ3v) is 4.09. The molecule has 2 aromatic carbocycles.